The lowest BCUT2D eigenvalue weighted by Gasteiger charge is -2.32. The van der Waals surface area contributed by atoms with E-state index in [1.807, 2.05) is 22.4 Å². The Morgan fingerprint density at radius 1 is 1.19 bits per heavy atom. The van der Waals surface area contributed by atoms with Crippen LogP contribution in [-0.2, 0) is 6.42 Å². The highest BCUT2D eigenvalue weighted by Gasteiger charge is 2.27. The summed E-state index contributed by atoms with van der Waals surface area (Å²) in [7, 11) is 0. The fraction of sp³-hybridized carbons (Fsp3) is 0.333. The number of carbonyl (C=O) groups excluding carboxylic acids is 1. The highest BCUT2D eigenvalue weighted by Crippen LogP contribution is 2.24. The fourth-order valence-corrected chi connectivity index (χ4v) is 3.99. The largest absolute Gasteiger partial charge is 0.337 e. The van der Waals surface area contributed by atoms with E-state index in [-0.39, 0.29) is 5.91 Å². The molecule has 26 heavy (non-hydrogen) atoms. The summed E-state index contributed by atoms with van der Waals surface area (Å²) < 4.78 is 1.85. The van der Waals surface area contributed by atoms with Crippen LogP contribution in [-0.4, -0.2) is 33.3 Å². The van der Waals surface area contributed by atoms with E-state index >= 15 is 0 Å². The van der Waals surface area contributed by atoms with Crippen LogP contribution in [0.2, 0.25) is 5.02 Å². The van der Waals surface area contributed by atoms with Gasteiger partial charge < -0.3 is 4.90 Å². The molecule has 2 aromatic heterocycles. The van der Waals surface area contributed by atoms with Crippen LogP contribution >= 0.6 is 11.6 Å². The molecule has 0 aliphatic carbocycles. The number of fused-ring (bicyclic) bond motifs is 1. The number of amides is 1. The van der Waals surface area contributed by atoms with Crippen molar-refractivity contribution in [2.75, 3.05) is 13.1 Å². The van der Waals surface area contributed by atoms with Gasteiger partial charge in [0.1, 0.15) is 11.3 Å². The standard InChI is InChI=1S/C21H22ClN3O/c1-15-20(25-12-9-18(22)14-19(25)23-15)21(26)24-10-7-17(8-11-24)13-16-5-3-2-4-6-16/h2-6,9,12,14,17H,7-8,10-11,13H2,1H3. The predicted molar refractivity (Wildman–Crippen MR) is 104 cm³/mol. The first-order valence-electron chi connectivity index (χ1n) is 9.09. The normalized spacial score (nSPS) is 15.5. The second kappa shape index (κ2) is 7.12. The zero-order valence-electron chi connectivity index (χ0n) is 14.9. The van der Waals surface area contributed by atoms with E-state index in [4.69, 9.17) is 11.6 Å². The zero-order valence-corrected chi connectivity index (χ0v) is 15.6. The third kappa shape index (κ3) is 3.34. The van der Waals surface area contributed by atoms with Crippen molar-refractivity contribution in [1.82, 2.24) is 14.3 Å². The van der Waals surface area contributed by atoms with Gasteiger partial charge in [-0.2, -0.15) is 0 Å². The highest BCUT2D eigenvalue weighted by atomic mass is 35.5. The predicted octanol–water partition coefficient (Wildman–Crippen LogP) is 4.39. The van der Waals surface area contributed by atoms with Gasteiger partial charge in [-0.05, 0) is 43.7 Å². The number of carbonyl (C=O) groups is 1. The number of aryl methyl sites for hydroxylation is 1. The lowest BCUT2D eigenvalue weighted by molar-refractivity contribution is 0.0682. The van der Waals surface area contributed by atoms with Crippen LogP contribution in [0.3, 0.4) is 0 Å². The van der Waals surface area contributed by atoms with Crippen molar-refractivity contribution >= 4 is 23.2 Å². The van der Waals surface area contributed by atoms with Crippen LogP contribution in [0.15, 0.2) is 48.7 Å². The molecule has 134 valence electrons. The molecule has 0 unspecified atom stereocenters. The molecular weight excluding hydrogens is 346 g/mol. The summed E-state index contributed by atoms with van der Waals surface area (Å²) in [5.74, 6) is 0.707. The third-order valence-corrected chi connectivity index (χ3v) is 5.47. The average molecular weight is 368 g/mol. The molecule has 3 heterocycles. The summed E-state index contributed by atoms with van der Waals surface area (Å²) in [5, 5.41) is 0.628. The Balaban J connectivity index is 1.46. The van der Waals surface area contributed by atoms with E-state index in [1.165, 1.54) is 5.56 Å². The first kappa shape index (κ1) is 17.1. The summed E-state index contributed by atoms with van der Waals surface area (Å²) in [6.45, 7) is 3.49. The van der Waals surface area contributed by atoms with Gasteiger partial charge in [0, 0.05) is 30.4 Å². The van der Waals surface area contributed by atoms with Crippen molar-refractivity contribution in [2.45, 2.75) is 26.2 Å². The molecular formula is C21H22ClN3O. The first-order valence-corrected chi connectivity index (χ1v) is 9.47. The van der Waals surface area contributed by atoms with Crippen molar-refractivity contribution < 1.29 is 4.79 Å². The van der Waals surface area contributed by atoms with E-state index in [0.717, 1.165) is 43.7 Å². The van der Waals surface area contributed by atoms with Gasteiger partial charge in [0.15, 0.2) is 0 Å². The van der Waals surface area contributed by atoms with Crippen molar-refractivity contribution in [3.63, 3.8) is 0 Å². The van der Waals surface area contributed by atoms with Gasteiger partial charge in [0.05, 0.1) is 5.69 Å². The van der Waals surface area contributed by atoms with Gasteiger partial charge in [-0.15, -0.1) is 0 Å². The van der Waals surface area contributed by atoms with Crippen molar-refractivity contribution in [1.29, 1.82) is 0 Å². The molecule has 3 aromatic rings. The average Bonchev–Trinajstić information content (AvgIpc) is 2.97. The Labute approximate surface area is 158 Å². The fourth-order valence-electron chi connectivity index (χ4n) is 3.83. The highest BCUT2D eigenvalue weighted by molar-refractivity contribution is 6.30. The number of nitrogens with zero attached hydrogens (tertiary/aromatic N) is 3. The quantitative estimate of drug-likeness (QED) is 0.688. The van der Waals surface area contributed by atoms with Crippen molar-refractivity contribution in [3.05, 3.63) is 70.6 Å². The van der Waals surface area contributed by atoms with Crippen LogP contribution in [0.25, 0.3) is 5.65 Å². The molecule has 1 amide bonds. The lowest BCUT2D eigenvalue weighted by Crippen LogP contribution is -2.39. The Hall–Kier alpha value is -2.33. The number of hydrogen-bond acceptors (Lipinski definition) is 2. The maximum atomic E-state index is 13.1. The molecule has 5 heteroatoms. The number of rotatable bonds is 3. The van der Waals surface area contributed by atoms with E-state index in [9.17, 15) is 4.79 Å². The van der Waals surface area contributed by atoms with Crippen LogP contribution in [0.5, 0.6) is 0 Å². The number of benzene rings is 1. The zero-order chi connectivity index (χ0) is 18.1. The lowest BCUT2D eigenvalue weighted by atomic mass is 9.90. The molecule has 1 aliphatic heterocycles. The topological polar surface area (TPSA) is 37.6 Å². The number of imidazole rings is 1. The van der Waals surface area contributed by atoms with Gasteiger partial charge in [0.25, 0.3) is 5.91 Å². The molecule has 1 fully saturated rings. The van der Waals surface area contributed by atoms with Crippen molar-refractivity contribution in [2.24, 2.45) is 5.92 Å². The molecule has 0 N–H and O–H groups in total. The SMILES string of the molecule is Cc1nc2cc(Cl)ccn2c1C(=O)N1CCC(Cc2ccccc2)CC1. The molecule has 4 rings (SSSR count). The van der Waals surface area contributed by atoms with Gasteiger partial charge in [-0.3, -0.25) is 9.20 Å². The van der Waals surface area contributed by atoms with E-state index in [1.54, 1.807) is 12.1 Å². The Kier molecular flexibility index (Phi) is 4.68. The third-order valence-electron chi connectivity index (χ3n) is 5.23. The monoisotopic (exact) mass is 367 g/mol. The van der Waals surface area contributed by atoms with Gasteiger partial charge in [-0.25, -0.2) is 4.98 Å². The molecule has 0 saturated carbocycles. The molecule has 1 saturated heterocycles. The Morgan fingerprint density at radius 3 is 2.65 bits per heavy atom. The minimum Gasteiger partial charge on any atom is -0.337 e. The first-order chi connectivity index (χ1) is 12.6. The van der Waals surface area contributed by atoms with E-state index in [2.05, 4.69) is 35.3 Å². The van der Waals surface area contributed by atoms with Crippen LogP contribution in [0.4, 0.5) is 0 Å². The van der Waals surface area contributed by atoms with Crippen LogP contribution in [0.1, 0.15) is 34.6 Å². The summed E-state index contributed by atoms with van der Waals surface area (Å²) in [4.78, 5) is 19.5. The Bertz CT molecular complexity index is 927. The molecule has 0 atom stereocenters. The van der Waals surface area contributed by atoms with Crippen LogP contribution < -0.4 is 0 Å². The van der Waals surface area contributed by atoms with Gasteiger partial charge >= 0.3 is 0 Å². The van der Waals surface area contributed by atoms with E-state index < -0.39 is 0 Å². The molecule has 0 spiro atoms. The minimum atomic E-state index is 0.0653. The van der Waals surface area contributed by atoms with Gasteiger partial charge in [-0.1, -0.05) is 41.9 Å². The number of piperidine rings is 1. The smallest absolute Gasteiger partial charge is 0.272 e. The molecule has 0 radical (unpaired) electrons. The number of likely N-dealkylation sites (tertiary alicyclic amines) is 1. The maximum absolute atomic E-state index is 13.1. The van der Waals surface area contributed by atoms with E-state index in [0.29, 0.717) is 16.6 Å². The number of aromatic nitrogens is 2. The summed E-state index contributed by atoms with van der Waals surface area (Å²) in [6, 6.07) is 14.2. The number of hydrogen-bond donors (Lipinski definition) is 0. The molecule has 0 bridgehead atoms. The molecule has 4 nitrogen and oxygen atoms in total. The molecule has 1 aliphatic rings. The summed E-state index contributed by atoms with van der Waals surface area (Å²) in [6.07, 6.45) is 5.01. The second-order valence-electron chi connectivity index (χ2n) is 7.04. The second-order valence-corrected chi connectivity index (χ2v) is 7.48. The van der Waals surface area contributed by atoms with Crippen LogP contribution in [0, 0.1) is 12.8 Å². The maximum Gasteiger partial charge on any atom is 0.272 e. The summed E-state index contributed by atoms with van der Waals surface area (Å²) >= 11 is 6.04. The van der Waals surface area contributed by atoms with Gasteiger partial charge in [0.2, 0.25) is 0 Å². The summed E-state index contributed by atoms with van der Waals surface area (Å²) in [5.41, 5.74) is 3.51. The number of pyridine rings is 1. The van der Waals surface area contributed by atoms with Crippen molar-refractivity contribution in [3.8, 4) is 0 Å². The Morgan fingerprint density at radius 2 is 1.92 bits per heavy atom. The minimum absolute atomic E-state index is 0.0653. The number of halogens is 1. The molecule has 1 aromatic carbocycles.